The molecule has 5 heteroatoms. The van der Waals surface area contributed by atoms with Crippen molar-refractivity contribution >= 4 is 28.0 Å². The minimum Gasteiger partial charge on any atom is -0.477 e. The lowest BCUT2D eigenvalue weighted by Gasteiger charge is -2.16. The van der Waals surface area contributed by atoms with E-state index < -0.39 is 5.97 Å². The zero-order valence-corrected chi connectivity index (χ0v) is 9.87. The maximum atomic E-state index is 13.1. The summed E-state index contributed by atoms with van der Waals surface area (Å²) >= 11 is 1.15. The minimum atomic E-state index is -0.950. The number of aromatic carboxylic acids is 1. The molecule has 0 aliphatic heterocycles. The van der Waals surface area contributed by atoms with Crippen molar-refractivity contribution in [2.75, 3.05) is 11.9 Å². The smallest absolute Gasteiger partial charge is 0.345 e. The van der Waals surface area contributed by atoms with Gasteiger partial charge in [0.15, 0.2) is 0 Å². The number of halogens is 1. The average molecular weight is 251 g/mol. The molecule has 1 aromatic heterocycles. The fourth-order valence-corrected chi connectivity index (χ4v) is 2.26. The van der Waals surface area contributed by atoms with Crippen molar-refractivity contribution in [2.24, 2.45) is 0 Å². The number of nitrogens with zero attached hydrogens (tertiary/aromatic N) is 1. The van der Waals surface area contributed by atoms with Crippen LogP contribution < -0.4 is 4.90 Å². The first-order chi connectivity index (χ1) is 8.08. The highest BCUT2D eigenvalue weighted by molar-refractivity contribution is 7.17. The van der Waals surface area contributed by atoms with Crippen LogP contribution in [0.15, 0.2) is 36.4 Å². The molecule has 0 fully saturated rings. The summed E-state index contributed by atoms with van der Waals surface area (Å²) in [7, 11) is 1.77. The first-order valence-corrected chi connectivity index (χ1v) is 5.72. The molecule has 3 nitrogen and oxygen atoms in total. The largest absolute Gasteiger partial charge is 0.477 e. The number of carboxylic acids is 1. The number of anilines is 2. The fraction of sp³-hybridized carbons (Fsp3) is 0.0833. The second-order valence-corrected chi connectivity index (χ2v) is 4.54. The van der Waals surface area contributed by atoms with Crippen LogP contribution in [0.2, 0.25) is 0 Å². The Morgan fingerprint density at radius 2 is 2.12 bits per heavy atom. The SMILES string of the molecule is CN(c1cccc(F)c1)c1ccc(C(=O)O)s1. The van der Waals surface area contributed by atoms with Crippen LogP contribution in [0.25, 0.3) is 0 Å². The van der Waals surface area contributed by atoms with Gasteiger partial charge < -0.3 is 10.0 Å². The zero-order valence-electron chi connectivity index (χ0n) is 9.05. The summed E-state index contributed by atoms with van der Waals surface area (Å²) in [6.07, 6.45) is 0. The number of benzene rings is 1. The van der Waals surface area contributed by atoms with Gasteiger partial charge in [-0.15, -0.1) is 11.3 Å². The number of carboxylic acid groups (broad SMARTS) is 1. The lowest BCUT2D eigenvalue weighted by atomic mass is 10.3. The average Bonchev–Trinajstić information content (AvgIpc) is 2.77. The molecule has 1 aromatic carbocycles. The molecule has 0 aliphatic carbocycles. The van der Waals surface area contributed by atoms with Gasteiger partial charge in [-0.3, -0.25) is 0 Å². The molecule has 0 saturated carbocycles. The minimum absolute atomic E-state index is 0.267. The van der Waals surface area contributed by atoms with E-state index in [0.717, 1.165) is 16.3 Å². The van der Waals surface area contributed by atoms with Gasteiger partial charge in [-0.1, -0.05) is 6.07 Å². The van der Waals surface area contributed by atoms with E-state index in [0.29, 0.717) is 5.69 Å². The molecule has 0 aliphatic rings. The Kier molecular flexibility index (Phi) is 3.10. The monoisotopic (exact) mass is 251 g/mol. The van der Waals surface area contributed by atoms with Gasteiger partial charge in [0.1, 0.15) is 10.7 Å². The van der Waals surface area contributed by atoms with E-state index in [1.54, 1.807) is 30.1 Å². The molecular formula is C12H10FNO2S. The second-order valence-electron chi connectivity index (χ2n) is 3.48. The highest BCUT2D eigenvalue weighted by Crippen LogP contribution is 2.30. The maximum Gasteiger partial charge on any atom is 0.345 e. The summed E-state index contributed by atoms with van der Waals surface area (Å²) in [6, 6.07) is 9.40. The Hall–Kier alpha value is -1.88. The first kappa shape index (κ1) is 11.6. The van der Waals surface area contributed by atoms with E-state index in [9.17, 15) is 9.18 Å². The summed E-state index contributed by atoms with van der Waals surface area (Å²) < 4.78 is 13.1. The summed E-state index contributed by atoms with van der Waals surface area (Å²) in [6.45, 7) is 0. The summed E-state index contributed by atoms with van der Waals surface area (Å²) in [5.74, 6) is -1.27. The Bertz CT molecular complexity index is 553. The first-order valence-electron chi connectivity index (χ1n) is 4.90. The van der Waals surface area contributed by atoms with Crippen LogP contribution in [0.1, 0.15) is 9.67 Å². The van der Waals surface area contributed by atoms with E-state index >= 15 is 0 Å². The second kappa shape index (κ2) is 4.55. The van der Waals surface area contributed by atoms with Crippen molar-refractivity contribution < 1.29 is 14.3 Å². The van der Waals surface area contributed by atoms with Crippen LogP contribution in [-0.2, 0) is 0 Å². The molecule has 2 rings (SSSR count). The Morgan fingerprint density at radius 3 is 2.71 bits per heavy atom. The zero-order chi connectivity index (χ0) is 12.4. The van der Waals surface area contributed by atoms with Gasteiger partial charge in [0, 0.05) is 12.7 Å². The van der Waals surface area contributed by atoms with Gasteiger partial charge in [-0.2, -0.15) is 0 Å². The Balaban J connectivity index is 2.30. The number of carbonyl (C=O) groups is 1. The molecule has 0 saturated heterocycles. The molecule has 88 valence electrons. The van der Waals surface area contributed by atoms with Crippen LogP contribution in [-0.4, -0.2) is 18.1 Å². The van der Waals surface area contributed by atoms with E-state index in [1.807, 2.05) is 0 Å². The molecule has 1 N–H and O–H groups in total. The van der Waals surface area contributed by atoms with E-state index in [1.165, 1.54) is 18.2 Å². The van der Waals surface area contributed by atoms with E-state index in [4.69, 9.17) is 5.11 Å². The van der Waals surface area contributed by atoms with Crippen LogP contribution in [0, 0.1) is 5.82 Å². The summed E-state index contributed by atoms with van der Waals surface area (Å²) in [5.41, 5.74) is 0.684. The highest BCUT2D eigenvalue weighted by atomic mass is 32.1. The van der Waals surface area contributed by atoms with Crippen LogP contribution in [0.3, 0.4) is 0 Å². The summed E-state index contributed by atoms with van der Waals surface area (Å²) in [5, 5.41) is 9.58. The van der Waals surface area contributed by atoms with Crippen molar-refractivity contribution in [3.05, 3.63) is 47.1 Å². The predicted molar refractivity (Wildman–Crippen MR) is 65.7 cm³/mol. The maximum absolute atomic E-state index is 13.1. The molecule has 0 spiro atoms. The van der Waals surface area contributed by atoms with Gasteiger partial charge in [-0.05, 0) is 30.3 Å². The topological polar surface area (TPSA) is 40.5 Å². The standard InChI is InChI=1S/C12H10FNO2S/c1-14(9-4-2-3-8(13)7-9)11-6-5-10(17-11)12(15)16/h2-7H,1H3,(H,15,16). The number of hydrogen-bond donors (Lipinski definition) is 1. The third-order valence-corrected chi connectivity index (χ3v) is 3.48. The van der Waals surface area contributed by atoms with Gasteiger partial charge in [0.25, 0.3) is 0 Å². The van der Waals surface area contributed by atoms with Crippen LogP contribution in [0.4, 0.5) is 15.1 Å². The molecule has 0 atom stereocenters. The van der Waals surface area contributed by atoms with Crippen molar-refractivity contribution in [3.8, 4) is 0 Å². The molecule has 17 heavy (non-hydrogen) atoms. The molecule has 2 aromatic rings. The van der Waals surface area contributed by atoms with Crippen molar-refractivity contribution in [2.45, 2.75) is 0 Å². The molecule has 1 heterocycles. The van der Waals surface area contributed by atoms with Gasteiger partial charge in [0.05, 0.1) is 5.00 Å². The lowest BCUT2D eigenvalue weighted by molar-refractivity contribution is 0.0702. The number of thiophene rings is 1. The summed E-state index contributed by atoms with van der Waals surface area (Å²) in [4.78, 5) is 12.8. The number of hydrogen-bond acceptors (Lipinski definition) is 3. The number of rotatable bonds is 3. The Morgan fingerprint density at radius 1 is 1.35 bits per heavy atom. The van der Waals surface area contributed by atoms with E-state index in [2.05, 4.69) is 0 Å². The Labute approximate surface area is 102 Å². The van der Waals surface area contributed by atoms with Crippen molar-refractivity contribution in [1.82, 2.24) is 0 Å². The van der Waals surface area contributed by atoms with Gasteiger partial charge in [-0.25, -0.2) is 9.18 Å². The third kappa shape index (κ3) is 2.45. The normalized spacial score (nSPS) is 10.2. The predicted octanol–water partition coefficient (Wildman–Crippen LogP) is 3.35. The molecule has 0 radical (unpaired) electrons. The van der Waals surface area contributed by atoms with Crippen LogP contribution >= 0.6 is 11.3 Å². The highest BCUT2D eigenvalue weighted by Gasteiger charge is 2.11. The van der Waals surface area contributed by atoms with Gasteiger partial charge in [0.2, 0.25) is 0 Å². The van der Waals surface area contributed by atoms with Crippen LogP contribution in [0.5, 0.6) is 0 Å². The van der Waals surface area contributed by atoms with E-state index in [-0.39, 0.29) is 10.7 Å². The quantitative estimate of drug-likeness (QED) is 0.909. The van der Waals surface area contributed by atoms with Crippen molar-refractivity contribution in [1.29, 1.82) is 0 Å². The lowest BCUT2D eigenvalue weighted by Crippen LogP contribution is -2.07. The van der Waals surface area contributed by atoms with Gasteiger partial charge >= 0.3 is 5.97 Å². The molecular weight excluding hydrogens is 241 g/mol. The fourth-order valence-electron chi connectivity index (χ4n) is 1.43. The molecule has 0 unspecified atom stereocenters. The third-order valence-electron chi connectivity index (χ3n) is 2.33. The molecule has 0 bridgehead atoms. The van der Waals surface area contributed by atoms with Crippen molar-refractivity contribution in [3.63, 3.8) is 0 Å². The molecule has 0 amide bonds.